The van der Waals surface area contributed by atoms with Crippen molar-refractivity contribution in [2.75, 3.05) is 7.05 Å². The molecule has 2 amide bonds. The highest BCUT2D eigenvalue weighted by molar-refractivity contribution is 6.30. The average molecular weight is 328 g/mol. The maximum absolute atomic E-state index is 12.3. The van der Waals surface area contributed by atoms with E-state index in [9.17, 15) is 4.79 Å². The van der Waals surface area contributed by atoms with E-state index >= 15 is 0 Å². The van der Waals surface area contributed by atoms with Gasteiger partial charge in [0, 0.05) is 18.6 Å². The molecule has 0 heterocycles. The number of carbonyl (C=O) groups excluding carboxylic acids is 1. The quantitative estimate of drug-likeness (QED) is 0.918. The van der Waals surface area contributed by atoms with E-state index in [4.69, 9.17) is 16.9 Å². The summed E-state index contributed by atoms with van der Waals surface area (Å²) in [6.45, 7) is 2.40. The molecule has 0 saturated carbocycles. The molecule has 0 bridgehead atoms. The van der Waals surface area contributed by atoms with Crippen LogP contribution in [-0.2, 0) is 6.54 Å². The summed E-state index contributed by atoms with van der Waals surface area (Å²) in [5, 5.41) is 12.4. The number of hydrogen-bond donors (Lipinski definition) is 1. The van der Waals surface area contributed by atoms with Crippen molar-refractivity contribution >= 4 is 17.6 Å². The molecule has 0 aliphatic heterocycles. The lowest BCUT2D eigenvalue weighted by atomic mass is 10.1. The van der Waals surface area contributed by atoms with Gasteiger partial charge in [-0.15, -0.1) is 0 Å². The number of nitriles is 1. The Bertz CT molecular complexity index is 705. The summed E-state index contributed by atoms with van der Waals surface area (Å²) in [7, 11) is 1.74. The number of hydrogen-bond acceptors (Lipinski definition) is 2. The van der Waals surface area contributed by atoms with Crippen LogP contribution in [0.15, 0.2) is 48.5 Å². The van der Waals surface area contributed by atoms with Crippen LogP contribution in [0.5, 0.6) is 0 Å². The molecule has 0 radical (unpaired) electrons. The van der Waals surface area contributed by atoms with Gasteiger partial charge in [0.1, 0.15) is 0 Å². The van der Waals surface area contributed by atoms with Crippen molar-refractivity contribution in [1.82, 2.24) is 10.2 Å². The van der Waals surface area contributed by atoms with Gasteiger partial charge in [0.15, 0.2) is 0 Å². The smallest absolute Gasteiger partial charge is 0.317 e. The van der Waals surface area contributed by atoms with Crippen LogP contribution in [0, 0.1) is 11.3 Å². The molecular formula is C18H18ClN3O. The summed E-state index contributed by atoms with van der Waals surface area (Å²) in [6.07, 6.45) is 0. The van der Waals surface area contributed by atoms with E-state index in [1.807, 2.05) is 31.2 Å². The Morgan fingerprint density at radius 3 is 2.39 bits per heavy atom. The number of carbonyl (C=O) groups is 1. The van der Waals surface area contributed by atoms with Gasteiger partial charge in [-0.3, -0.25) is 0 Å². The van der Waals surface area contributed by atoms with Crippen molar-refractivity contribution in [2.45, 2.75) is 19.5 Å². The summed E-state index contributed by atoms with van der Waals surface area (Å²) in [6, 6.07) is 16.4. The first-order valence-electron chi connectivity index (χ1n) is 7.25. The number of amides is 2. The zero-order valence-corrected chi connectivity index (χ0v) is 13.8. The summed E-state index contributed by atoms with van der Waals surface area (Å²) in [5.74, 6) is 0. The van der Waals surface area contributed by atoms with Crippen LogP contribution in [0.25, 0.3) is 0 Å². The highest BCUT2D eigenvalue weighted by Crippen LogP contribution is 2.16. The van der Waals surface area contributed by atoms with Gasteiger partial charge >= 0.3 is 6.03 Å². The first-order chi connectivity index (χ1) is 11.0. The van der Waals surface area contributed by atoms with Crippen LogP contribution in [0.3, 0.4) is 0 Å². The van der Waals surface area contributed by atoms with Gasteiger partial charge in [-0.1, -0.05) is 35.9 Å². The van der Waals surface area contributed by atoms with Crippen molar-refractivity contribution in [3.05, 3.63) is 70.2 Å². The van der Waals surface area contributed by atoms with Gasteiger partial charge in [0.25, 0.3) is 0 Å². The minimum atomic E-state index is -0.156. The SMILES string of the molecule is CC(NC(=O)N(C)Cc1ccc(C#N)cc1)c1ccc(Cl)cc1. The molecule has 23 heavy (non-hydrogen) atoms. The lowest BCUT2D eigenvalue weighted by Gasteiger charge is -2.22. The Balaban J connectivity index is 1.93. The average Bonchev–Trinajstić information content (AvgIpc) is 2.56. The molecule has 2 aromatic carbocycles. The minimum absolute atomic E-state index is 0.108. The maximum atomic E-state index is 12.3. The van der Waals surface area contributed by atoms with E-state index in [1.165, 1.54) is 0 Å². The lowest BCUT2D eigenvalue weighted by Crippen LogP contribution is -2.38. The fraction of sp³-hybridized carbons (Fsp3) is 0.222. The molecule has 5 heteroatoms. The number of nitrogens with one attached hydrogen (secondary N) is 1. The molecule has 2 aromatic rings. The topological polar surface area (TPSA) is 56.1 Å². The van der Waals surface area contributed by atoms with E-state index in [2.05, 4.69) is 11.4 Å². The fourth-order valence-corrected chi connectivity index (χ4v) is 2.29. The van der Waals surface area contributed by atoms with E-state index in [0.717, 1.165) is 11.1 Å². The Morgan fingerprint density at radius 2 is 1.83 bits per heavy atom. The van der Waals surface area contributed by atoms with Crippen LogP contribution in [0.1, 0.15) is 29.7 Å². The molecule has 0 fully saturated rings. The van der Waals surface area contributed by atoms with E-state index in [1.54, 1.807) is 36.2 Å². The highest BCUT2D eigenvalue weighted by Gasteiger charge is 2.13. The van der Waals surface area contributed by atoms with E-state index in [0.29, 0.717) is 17.1 Å². The molecule has 0 aromatic heterocycles. The van der Waals surface area contributed by atoms with Crippen molar-refractivity contribution in [1.29, 1.82) is 5.26 Å². The van der Waals surface area contributed by atoms with Crippen molar-refractivity contribution in [2.24, 2.45) is 0 Å². The fourth-order valence-electron chi connectivity index (χ4n) is 2.16. The zero-order valence-electron chi connectivity index (χ0n) is 13.1. The summed E-state index contributed by atoms with van der Waals surface area (Å²) < 4.78 is 0. The summed E-state index contributed by atoms with van der Waals surface area (Å²) in [4.78, 5) is 13.9. The van der Waals surface area contributed by atoms with Gasteiger partial charge in [0.2, 0.25) is 0 Å². The van der Waals surface area contributed by atoms with Gasteiger partial charge in [0.05, 0.1) is 17.7 Å². The summed E-state index contributed by atoms with van der Waals surface area (Å²) in [5.41, 5.74) is 2.58. The normalized spacial score (nSPS) is 11.4. The zero-order chi connectivity index (χ0) is 16.8. The van der Waals surface area contributed by atoms with Crippen molar-refractivity contribution in [3.63, 3.8) is 0 Å². The van der Waals surface area contributed by atoms with Crippen LogP contribution in [-0.4, -0.2) is 18.0 Å². The minimum Gasteiger partial charge on any atom is -0.331 e. The second-order valence-electron chi connectivity index (χ2n) is 5.39. The number of benzene rings is 2. The second kappa shape index (κ2) is 7.66. The number of urea groups is 1. The number of rotatable bonds is 4. The predicted molar refractivity (Wildman–Crippen MR) is 91.0 cm³/mol. The molecule has 0 aliphatic rings. The van der Waals surface area contributed by atoms with Crippen molar-refractivity contribution < 1.29 is 4.79 Å². The molecule has 0 aliphatic carbocycles. The van der Waals surface area contributed by atoms with E-state index < -0.39 is 0 Å². The Morgan fingerprint density at radius 1 is 1.22 bits per heavy atom. The van der Waals surface area contributed by atoms with E-state index in [-0.39, 0.29) is 12.1 Å². The molecule has 1 atom stereocenters. The molecule has 2 rings (SSSR count). The number of nitrogens with zero attached hydrogens (tertiary/aromatic N) is 2. The molecular weight excluding hydrogens is 310 g/mol. The monoisotopic (exact) mass is 327 g/mol. The summed E-state index contributed by atoms with van der Waals surface area (Å²) >= 11 is 5.87. The third-order valence-corrected chi connectivity index (χ3v) is 3.81. The highest BCUT2D eigenvalue weighted by atomic mass is 35.5. The Labute approximate surface area is 141 Å². The Kier molecular flexibility index (Phi) is 5.61. The third-order valence-electron chi connectivity index (χ3n) is 3.56. The molecule has 0 spiro atoms. The largest absolute Gasteiger partial charge is 0.331 e. The molecule has 1 unspecified atom stereocenters. The standard InChI is InChI=1S/C18H18ClN3O/c1-13(16-7-9-17(19)10-8-16)21-18(23)22(2)12-15-5-3-14(11-20)4-6-15/h3-10,13H,12H2,1-2H3,(H,21,23). The first-order valence-corrected chi connectivity index (χ1v) is 7.63. The predicted octanol–water partition coefficient (Wildman–Crippen LogP) is 4.11. The van der Waals surface area contributed by atoms with Crippen LogP contribution >= 0.6 is 11.6 Å². The van der Waals surface area contributed by atoms with Gasteiger partial charge in [-0.25, -0.2) is 4.79 Å². The molecule has 118 valence electrons. The maximum Gasteiger partial charge on any atom is 0.317 e. The molecule has 1 N–H and O–H groups in total. The van der Waals surface area contributed by atoms with Crippen molar-refractivity contribution in [3.8, 4) is 6.07 Å². The second-order valence-corrected chi connectivity index (χ2v) is 5.82. The molecule has 0 saturated heterocycles. The van der Waals surface area contributed by atoms with Gasteiger partial charge in [-0.05, 0) is 42.3 Å². The van der Waals surface area contributed by atoms with Gasteiger partial charge in [-0.2, -0.15) is 5.26 Å². The number of halogens is 1. The third kappa shape index (κ3) is 4.73. The first kappa shape index (κ1) is 16.9. The Hall–Kier alpha value is -2.51. The van der Waals surface area contributed by atoms with Crippen LogP contribution in [0.4, 0.5) is 4.79 Å². The van der Waals surface area contributed by atoms with Crippen LogP contribution in [0.2, 0.25) is 5.02 Å². The molecule has 4 nitrogen and oxygen atoms in total. The van der Waals surface area contributed by atoms with Crippen LogP contribution < -0.4 is 5.32 Å². The lowest BCUT2D eigenvalue weighted by molar-refractivity contribution is 0.203. The van der Waals surface area contributed by atoms with Gasteiger partial charge < -0.3 is 10.2 Å².